The topological polar surface area (TPSA) is 73.0 Å². The Morgan fingerprint density at radius 2 is 1.75 bits per heavy atom. The van der Waals surface area contributed by atoms with Crippen molar-refractivity contribution in [3.05, 3.63) is 63.8 Å². The number of hydrogen-bond acceptors (Lipinski definition) is 4. The number of likely N-dealkylation sites (tertiary alicyclic amines) is 1. The molecular formula is C21H19ClF3N5O2. The van der Waals surface area contributed by atoms with Gasteiger partial charge in [-0.3, -0.25) is 9.78 Å². The molecule has 0 aliphatic carbocycles. The van der Waals surface area contributed by atoms with Crippen LogP contribution in [0.1, 0.15) is 24.8 Å². The molecule has 0 bridgehead atoms. The predicted octanol–water partition coefficient (Wildman–Crippen LogP) is 3.78. The first-order chi connectivity index (χ1) is 15.3. The van der Waals surface area contributed by atoms with Gasteiger partial charge in [-0.25, -0.2) is 14.0 Å². The predicted molar refractivity (Wildman–Crippen MR) is 111 cm³/mol. The zero-order valence-corrected chi connectivity index (χ0v) is 17.6. The molecule has 7 nitrogen and oxygen atoms in total. The second-order valence-electron chi connectivity index (χ2n) is 7.44. The number of alkyl halides is 3. The minimum Gasteiger partial charge on any atom is -0.341 e. The standard InChI is InChI=1S/C21H19ClF3N5O2/c22-17-12-26-9-8-16(17)19-27-29(13-18(31)28-10-2-1-3-11-28)20(32)30(19)15-6-4-14(5-7-15)21(23,24)25/h4-9,12H,1-3,10-11,13H2. The van der Waals surface area contributed by atoms with Gasteiger partial charge in [0, 0.05) is 31.0 Å². The van der Waals surface area contributed by atoms with Gasteiger partial charge in [0.1, 0.15) is 6.54 Å². The van der Waals surface area contributed by atoms with Gasteiger partial charge in [0.2, 0.25) is 5.91 Å². The summed E-state index contributed by atoms with van der Waals surface area (Å²) in [6.45, 7) is 0.967. The van der Waals surface area contributed by atoms with E-state index in [1.54, 1.807) is 11.0 Å². The van der Waals surface area contributed by atoms with Crippen molar-refractivity contribution in [3.8, 4) is 17.1 Å². The number of rotatable bonds is 4. The van der Waals surface area contributed by atoms with Crippen molar-refractivity contribution in [1.29, 1.82) is 0 Å². The Hall–Kier alpha value is -3.14. The van der Waals surface area contributed by atoms with Gasteiger partial charge in [0.05, 0.1) is 16.3 Å². The molecule has 1 aromatic carbocycles. The van der Waals surface area contributed by atoms with E-state index >= 15 is 0 Å². The van der Waals surface area contributed by atoms with E-state index in [1.807, 2.05) is 0 Å². The molecule has 3 aromatic rings. The average Bonchev–Trinajstić information content (AvgIpc) is 3.10. The van der Waals surface area contributed by atoms with Crippen LogP contribution in [0.2, 0.25) is 5.02 Å². The van der Waals surface area contributed by atoms with E-state index in [2.05, 4.69) is 10.1 Å². The van der Waals surface area contributed by atoms with Gasteiger partial charge in [-0.2, -0.15) is 13.2 Å². The van der Waals surface area contributed by atoms with Crippen molar-refractivity contribution in [1.82, 2.24) is 24.2 Å². The van der Waals surface area contributed by atoms with E-state index in [4.69, 9.17) is 11.6 Å². The molecule has 2 aromatic heterocycles. The zero-order chi connectivity index (χ0) is 22.9. The van der Waals surface area contributed by atoms with Gasteiger partial charge in [-0.05, 0) is 49.6 Å². The molecule has 1 aliphatic rings. The summed E-state index contributed by atoms with van der Waals surface area (Å²) < 4.78 is 41.1. The number of hydrogen-bond donors (Lipinski definition) is 0. The van der Waals surface area contributed by atoms with Crippen molar-refractivity contribution in [3.63, 3.8) is 0 Å². The van der Waals surface area contributed by atoms with Crippen LogP contribution >= 0.6 is 11.6 Å². The number of amides is 1. The van der Waals surface area contributed by atoms with E-state index in [9.17, 15) is 22.8 Å². The second-order valence-corrected chi connectivity index (χ2v) is 7.85. The number of carbonyl (C=O) groups excluding carboxylic acids is 1. The normalized spacial score (nSPS) is 14.6. The van der Waals surface area contributed by atoms with Crippen LogP contribution in [0.15, 0.2) is 47.5 Å². The minimum absolute atomic E-state index is 0.105. The van der Waals surface area contributed by atoms with Crippen LogP contribution in [-0.4, -0.2) is 43.2 Å². The van der Waals surface area contributed by atoms with E-state index in [-0.39, 0.29) is 29.0 Å². The third kappa shape index (κ3) is 4.40. The van der Waals surface area contributed by atoms with Gasteiger partial charge in [0.15, 0.2) is 5.82 Å². The summed E-state index contributed by atoms with van der Waals surface area (Å²) in [6.07, 6.45) is 1.18. The number of halogens is 4. The molecule has 0 atom stereocenters. The summed E-state index contributed by atoms with van der Waals surface area (Å²) in [5, 5.41) is 4.52. The molecule has 0 radical (unpaired) electrons. The fourth-order valence-electron chi connectivity index (χ4n) is 3.65. The lowest BCUT2D eigenvalue weighted by molar-refractivity contribution is -0.137. The van der Waals surface area contributed by atoms with E-state index in [1.165, 1.54) is 24.5 Å². The van der Waals surface area contributed by atoms with Crippen LogP contribution in [0, 0.1) is 0 Å². The number of nitrogens with zero attached hydrogens (tertiary/aromatic N) is 5. The summed E-state index contributed by atoms with van der Waals surface area (Å²) in [4.78, 5) is 31.5. The average molecular weight is 466 g/mol. The Morgan fingerprint density at radius 1 is 1.06 bits per heavy atom. The lowest BCUT2D eigenvalue weighted by Crippen LogP contribution is -2.40. The molecule has 168 valence electrons. The Kier molecular flexibility index (Phi) is 6.05. The van der Waals surface area contributed by atoms with Crippen molar-refractivity contribution in [2.75, 3.05) is 13.1 Å². The van der Waals surface area contributed by atoms with E-state index < -0.39 is 17.4 Å². The van der Waals surface area contributed by atoms with Crippen LogP contribution in [-0.2, 0) is 17.5 Å². The summed E-state index contributed by atoms with van der Waals surface area (Å²) in [5.74, 6) is -0.134. The van der Waals surface area contributed by atoms with Crippen molar-refractivity contribution < 1.29 is 18.0 Å². The fraction of sp³-hybridized carbons (Fsp3) is 0.333. The molecule has 1 fully saturated rings. The maximum Gasteiger partial charge on any atom is 0.416 e. The zero-order valence-electron chi connectivity index (χ0n) is 16.8. The molecule has 32 heavy (non-hydrogen) atoms. The molecule has 0 N–H and O–H groups in total. The Labute approximate surface area is 186 Å². The third-order valence-electron chi connectivity index (χ3n) is 5.30. The van der Waals surface area contributed by atoms with Crippen LogP contribution in [0.5, 0.6) is 0 Å². The van der Waals surface area contributed by atoms with Gasteiger partial charge in [-0.1, -0.05) is 11.6 Å². The Bertz CT molecular complexity index is 1180. The highest BCUT2D eigenvalue weighted by molar-refractivity contribution is 6.33. The number of piperidine rings is 1. The molecule has 1 amide bonds. The number of pyridine rings is 1. The highest BCUT2D eigenvalue weighted by Crippen LogP contribution is 2.31. The molecule has 1 aliphatic heterocycles. The number of carbonyl (C=O) groups is 1. The van der Waals surface area contributed by atoms with Gasteiger partial charge in [0.25, 0.3) is 0 Å². The second kappa shape index (κ2) is 8.78. The molecule has 4 rings (SSSR count). The highest BCUT2D eigenvalue weighted by Gasteiger charge is 2.30. The SMILES string of the molecule is O=C(Cn1nc(-c2ccncc2Cl)n(-c2ccc(C(F)(F)F)cc2)c1=O)N1CCCCC1. The highest BCUT2D eigenvalue weighted by atomic mass is 35.5. The van der Waals surface area contributed by atoms with Crippen LogP contribution < -0.4 is 5.69 Å². The van der Waals surface area contributed by atoms with Crippen molar-refractivity contribution in [2.45, 2.75) is 32.0 Å². The summed E-state index contributed by atoms with van der Waals surface area (Å²) in [5.41, 5.74) is -0.964. The lowest BCUT2D eigenvalue weighted by atomic mass is 10.1. The minimum atomic E-state index is -4.51. The molecule has 1 saturated heterocycles. The summed E-state index contributed by atoms with van der Waals surface area (Å²) in [7, 11) is 0. The monoisotopic (exact) mass is 465 g/mol. The Balaban J connectivity index is 1.78. The van der Waals surface area contributed by atoms with E-state index in [0.29, 0.717) is 18.7 Å². The van der Waals surface area contributed by atoms with Gasteiger partial charge < -0.3 is 4.90 Å². The maximum absolute atomic E-state index is 13.2. The van der Waals surface area contributed by atoms with Crippen LogP contribution in [0.25, 0.3) is 17.1 Å². The molecule has 11 heteroatoms. The fourth-order valence-corrected chi connectivity index (χ4v) is 3.85. The first kappa shape index (κ1) is 22.1. The smallest absolute Gasteiger partial charge is 0.341 e. The first-order valence-corrected chi connectivity index (χ1v) is 10.4. The van der Waals surface area contributed by atoms with Crippen molar-refractivity contribution >= 4 is 17.5 Å². The van der Waals surface area contributed by atoms with Gasteiger partial charge >= 0.3 is 11.9 Å². The lowest BCUT2D eigenvalue weighted by Gasteiger charge is -2.26. The van der Waals surface area contributed by atoms with Gasteiger partial charge in [-0.15, -0.1) is 5.10 Å². The van der Waals surface area contributed by atoms with E-state index in [0.717, 1.165) is 40.6 Å². The maximum atomic E-state index is 13.2. The third-order valence-corrected chi connectivity index (χ3v) is 5.60. The van der Waals surface area contributed by atoms with Crippen LogP contribution in [0.4, 0.5) is 13.2 Å². The van der Waals surface area contributed by atoms with Crippen LogP contribution in [0.3, 0.4) is 0 Å². The summed E-state index contributed by atoms with van der Waals surface area (Å²) in [6, 6.07) is 5.68. The molecule has 3 heterocycles. The van der Waals surface area contributed by atoms with Crippen molar-refractivity contribution in [2.24, 2.45) is 0 Å². The number of aromatic nitrogens is 4. The first-order valence-electron chi connectivity index (χ1n) is 10.0. The summed E-state index contributed by atoms with van der Waals surface area (Å²) >= 11 is 6.24. The largest absolute Gasteiger partial charge is 0.416 e. The molecule has 0 saturated carbocycles. The number of benzene rings is 1. The molecular weight excluding hydrogens is 447 g/mol. The molecule has 0 spiro atoms. The quantitative estimate of drug-likeness (QED) is 0.588. The molecule has 0 unspecified atom stereocenters. The Morgan fingerprint density at radius 3 is 2.38 bits per heavy atom.